The van der Waals surface area contributed by atoms with Gasteiger partial charge in [0.2, 0.25) is 0 Å². The molecule has 2 atom stereocenters. The summed E-state index contributed by atoms with van der Waals surface area (Å²) < 4.78 is 0. The number of hydrogen-bond acceptors (Lipinski definition) is 5. The Balaban J connectivity index is 0.00000196. The molecule has 0 unspecified atom stereocenters. The van der Waals surface area contributed by atoms with Crippen LogP contribution in [0.5, 0.6) is 0 Å². The van der Waals surface area contributed by atoms with Gasteiger partial charge in [0.25, 0.3) is 5.91 Å². The zero-order valence-electron chi connectivity index (χ0n) is 14.7. The van der Waals surface area contributed by atoms with Gasteiger partial charge in [0.15, 0.2) is 0 Å². The number of nitrogens with one attached hydrogen (secondary N) is 2. The molecular formula is C18H24ClN5OS. The maximum atomic E-state index is 12.7. The number of fused-ring (bicyclic) bond motifs is 1. The summed E-state index contributed by atoms with van der Waals surface area (Å²) >= 11 is 1.61. The molecule has 2 aliphatic rings. The largest absolute Gasteiger partial charge is 0.347 e. The van der Waals surface area contributed by atoms with Crippen molar-refractivity contribution >= 4 is 46.8 Å². The van der Waals surface area contributed by atoms with Gasteiger partial charge in [0, 0.05) is 48.4 Å². The van der Waals surface area contributed by atoms with Crippen LogP contribution in [0.2, 0.25) is 0 Å². The van der Waals surface area contributed by atoms with E-state index in [-0.39, 0.29) is 30.4 Å². The van der Waals surface area contributed by atoms with E-state index in [0.29, 0.717) is 0 Å². The van der Waals surface area contributed by atoms with Gasteiger partial charge in [0.1, 0.15) is 5.65 Å². The third-order valence-corrected chi connectivity index (χ3v) is 6.02. The molecule has 4 rings (SSSR count). The van der Waals surface area contributed by atoms with Crippen molar-refractivity contribution in [1.29, 1.82) is 0 Å². The Kier molecular flexibility index (Phi) is 5.79. The fourth-order valence-electron chi connectivity index (χ4n) is 3.66. The number of carbonyl (C=O) groups excluding carboxylic acids is 1. The van der Waals surface area contributed by atoms with Crippen molar-refractivity contribution in [2.24, 2.45) is 5.73 Å². The number of aromatic amines is 1. The zero-order chi connectivity index (χ0) is 17.4. The summed E-state index contributed by atoms with van der Waals surface area (Å²) in [5.41, 5.74) is 9.21. The van der Waals surface area contributed by atoms with Crippen LogP contribution in [0.15, 0.2) is 29.6 Å². The molecule has 0 aromatic carbocycles. The minimum Gasteiger partial charge on any atom is -0.347 e. The van der Waals surface area contributed by atoms with Gasteiger partial charge < -0.3 is 20.9 Å². The summed E-state index contributed by atoms with van der Waals surface area (Å²) in [5, 5.41) is 4.23. The number of amides is 1. The van der Waals surface area contributed by atoms with Crippen LogP contribution in [0, 0.1) is 6.92 Å². The standard InChI is InChI=1S/C18H23N5OS.ClH/c1-11-9-21-17-16(11)14(5-6-20-17)23-7-8-25-15(10-23)18(24)22-13-4-2-3-12(13)19;/h5-6,9-10,12-13H,2-4,7-8,19H2,1H3,(H,20,21)(H,22,24);1H/t12-,13+;/m1./s1. The Hall–Kier alpha value is -1.70. The van der Waals surface area contributed by atoms with Crippen molar-refractivity contribution in [3.05, 3.63) is 35.1 Å². The van der Waals surface area contributed by atoms with Gasteiger partial charge in [-0.3, -0.25) is 4.79 Å². The molecular weight excluding hydrogens is 370 g/mol. The predicted octanol–water partition coefficient (Wildman–Crippen LogP) is 2.68. The van der Waals surface area contributed by atoms with Gasteiger partial charge in [-0.15, -0.1) is 24.2 Å². The summed E-state index contributed by atoms with van der Waals surface area (Å²) in [5.74, 6) is 0.872. The number of H-pyrrole nitrogens is 1. The average Bonchev–Trinajstić information content (AvgIpc) is 3.21. The number of halogens is 1. The molecule has 0 bridgehead atoms. The third kappa shape index (κ3) is 3.56. The monoisotopic (exact) mass is 393 g/mol. The number of pyridine rings is 1. The van der Waals surface area contributed by atoms with Gasteiger partial charge in [-0.05, 0) is 37.8 Å². The van der Waals surface area contributed by atoms with E-state index in [4.69, 9.17) is 5.73 Å². The number of nitrogens with zero attached hydrogens (tertiary/aromatic N) is 2. The fraction of sp³-hybridized carbons (Fsp3) is 0.444. The van der Waals surface area contributed by atoms with E-state index < -0.39 is 0 Å². The van der Waals surface area contributed by atoms with Gasteiger partial charge in [-0.25, -0.2) is 4.98 Å². The maximum absolute atomic E-state index is 12.7. The van der Waals surface area contributed by atoms with Crippen molar-refractivity contribution in [2.45, 2.75) is 38.3 Å². The number of aromatic nitrogens is 2. The fourth-order valence-corrected chi connectivity index (χ4v) is 4.56. The molecule has 6 nitrogen and oxygen atoms in total. The number of rotatable bonds is 3. The second-order valence-corrected chi connectivity index (χ2v) is 7.87. The molecule has 1 saturated carbocycles. The number of hydrogen-bond donors (Lipinski definition) is 3. The van der Waals surface area contributed by atoms with Crippen LogP contribution < -0.4 is 16.0 Å². The summed E-state index contributed by atoms with van der Waals surface area (Å²) in [6.45, 7) is 2.94. The van der Waals surface area contributed by atoms with E-state index in [2.05, 4.69) is 27.1 Å². The average molecular weight is 394 g/mol. The first kappa shape index (κ1) is 19.1. The highest BCUT2D eigenvalue weighted by Gasteiger charge is 2.27. The lowest BCUT2D eigenvalue weighted by molar-refractivity contribution is -0.117. The van der Waals surface area contributed by atoms with E-state index in [1.807, 2.05) is 18.5 Å². The maximum Gasteiger partial charge on any atom is 0.259 e. The molecule has 1 aliphatic carbocycles. The summed E-state index contributed by atoms with van der Waals surface area (Å²) in [4.78, 5) is 23.2. The normalized spacial score (nSPS) is 22.8. The first-order valence-corrected chi connectivity index (χ1v) is 9.72. The van der Waals surface area contributed by atoms with E-state index >= 15 is 0 Å². The number of carbonyl (C=O) groups is 1. The quantitative estimate of drug-likeness (QED) is 0.746. The van der Waals surface area contributed by atoms with Crippen LogP contribution in [0.4, 0.5) is 5.69 Å². The molecule has 0 saturated heterocycles. The zero-order valence-corrected chi connectivity index (χ0v) is 16.3. The van der Waals surface area contributed by atoms with E-state index in [0.717, 1.165) is 58.7 Å². The molecule has 0 radical (unpaired) electrons. The smallest absolute Gasteiger partial charge is 0.259 e. The Morgan fingerprint density at radius 2 is 2.31 bits per heavy atom. The SMILES string of the molecule is Cc1c[nH]c2nccc(N3C=C(C(=O)N[C@H]4CCC[C@H]4N)SCC3)c12.Cl. The van der Waals surface area contributed by atoms with Crippen LogP contribution in [0.25, 0.3) is 11.0 Å². The minimum atomic E-state index is -0.00635. The molecule has 1 amide bonds. The Morgan fingerprint density at radius 1 is 1.46 bits per heavy atom. The number of aryl methyl sites for hydroxylation is 1. The highest BCUT2D eigenvalue weighted by atomic mass is 35.5. The van der Waals surface area contributed by atoms with Gasteiger partial charge in [-0.2, -0.15) is 0 Å². The van der Waals surface area contributed by atoms with Gasteiger partial charge in [-0.1, -0.05) is 0 Å². The van der Waals surface area contributed by atoms with Crippen LogP contribution in [0.3, 0.4) is 0 Å². The lowest BCUT2D eigenvalue weighted by atomic mass is 10.2. The van der Waals surface area contributed by atoms with Crippen molar-refractivity contribution in [3.63, 3.8) is 0 Å². The molecule has 2 aromatic rings. The molecule has 0 spiro atoms. The van der Waals surface area contributed by atoms with E-state index in [9.17, 15) is 4.79 Å². The van der Waals surface area contributed by atoms with Gasteiger partial charge >= 0.3 is 0 Å². The summed E-state index contributed by atoms with van der Waals surface area (Å²) in [7, 11) is 0. The molecule has 3 heterocycles. The van der Waals surface area contributed by atoms with Crippen molar-refractivity contribution in [1.82, 2.24) is 15.3 Å². The molecule has 1 fully saturated rings. The third-order valence-electron chi connectivity index (χ3n) is 5.03. The molecule has 8 heteroatoms. The Labute approximate surface area is 163 Å². The number of thioether (sulfide) groups is 1. The highest BCUT2D eigenvalue weighted by molar-refractivity contribution is 8.04. The van der Waals surface area contributed by atoms with Gasteiger partial charge in [0.05, 0.1) is 10.6 Å². The van der Waals surface area contributed by atoms with Crippen LogP contribution in [-0.4, -0.2) is 40.3 Å². The first-order chi connectivity index (χ1) is 12.1. The first-order valence-electron chi connectivity index (χ1n) is 8.74. The van der Waals surface area contributed by atoms with Crippen LogP contribution in [0.1, 0.15) is 24.8 Å². The van der Waals surface area contributed by atoms with Crippen molar-refractivity contribution in [2.75, 3.05) is 17.2 Å². The predicted molar refractivity (Wildman–Crippen MR) is 110 cm³/mol. The Bertz CT molecular complexity index is 836. The number of nitrogens with two attached hydrogens (primary N) is 1. The highest BCUT2D eigenvalue weighted by Crippen LogP contribution is 2.32. The van der Waals surface area contributed by atoms with E-state index in [1.54, 1.807) is 18.0 Å². The van der Waals surface area contributed by atoms with Crippen LogP contribution in [-0.2, 0) is 4.79 Å². The molecule has 26 heavy (non-hydrogen) atoms. The lowest BCUT2D eigenvalue weighted by Crippen LogP contribution is -2.44. The van der Waals surface area contributed by atoms with Crippen molar-refractivity contribution < 1.29 is 4.79 Å². The number of anilines is 1. The molecule has 2 aromatic heterocycles. The molecule has 4 N–H and O–H groups in total. The minimum absolute atomic E-state index is 0. The summed E-state index contributed by atoms with van der Waals surface area (Å²) in [6, 6.07) is 2.19. The van der Waals surface area contributed by atoms with Crippen LogP contribution >= 0.6 is 24.2 Å². The summed E-state index contributed by atoms with van der Waals surface area (Å²) in [6.07, 6.45) is 8.80. The van der Waals surface area contributed by atoms with E-state index in [1.165, 1.54) is 0 Å². The topological polar surface area (TPSA) is 87.0 Å². The second kappa shape index (κ2) is 7.90. The molecule has 140 valence electrons. The Morgan fingerprint density at radius 3 is 3.08 bits per heavy atom. The van der Waals surface area contributed by atoms with Crippen molar-refractivity contribution in [3.8, 4) is 0 Å². The molecule has 1 aliphatic heterocycles. The second-order valence-electron chi connectivity index (χ2n) is 6.74. The lowest BCUT2D eigenvalue weighted by Gasteiger charge is -2.27.